The molecular weight excluding hydrogens is 238 g/mol. The quantitative estimate of drug-likeness (QED) is 0.383. The van der Waals surface area contributed by atoms with Crippen molar-refractivity contribution in [2.45, 2.75) is 71.5 Å². The molecule has 3 heteroatoms. The molecule has 0 heterocycles. The predicted octanol–water partition coefficient (Wildman–Crippen LogP) is 4.52. The fourth-order valence-corrected chi connectivity index (χ4v) is 3.39. The van der Waals surface area contributed by atoms with Gasteiger partial charge in [0.2, 0.25) is 0 Å². The summed E-state index contributed by atoms with van der Waals surface area (Å²) in [5.41, 5.74) is 0. The third-order valence-electron chi connectivity index (χ3n) is 3.71. The molecule has 0 fully saturated rings. The molecule has 0 saturated heterocycles. The van der Waals surface area contributed by atoms with E-state index in [0.717, 1.165) is 0 Å². The van der Waals surface area contributed by atoms with E-state index in [4.69, 9.17) is 4.43 Å². The molecular formula is C15H35NOSi. The third-order valence-corrected chi connectivity index (χ3v) is 6.37. The van der Waals surface area contributed by atoms with Gasteiger partial charge < -0.3 is 9.33 Å². The highest BCUT2D eigenvalue weighted by Crippen LogP contribution is 2.14. The van der Waals surface area contributed by atoms with Crippen LogP contribution in [0.4, 0.5) is 0 Å². The maximum Gasteiger partial charge on any atom is 0.186 e. The Morgan fingerprint density at radius 3 is 1.78 bits per heavy atom. The molecule has 0 aromatic carbocycles. The van der Waals surface area contributed by atoms with Gasteiger partial charge in [-0.25, -0.2) is 0 Å². The van der Waals surface area contributed by atoms with Crippen LogP contribution in [0, 0.1) is 0 Å². The second kappa shape index (κ2) is 11.0. The van der Waals surface area contributed by atoms with Crippen LogP contribution in [0.25, 0.3) is 0 Å². The summed E-state index contributed by atoms with van der Waals surface area (Å²) in [5.74, 6) is 0. The van der Waals surface area contributed by atoms with Crippen molar-refractivity contribution in [1.29, 1.82) is 0 Å². The van der Waals surface area contributed by atoms with E-state index in [1.807, 2.05) is 7.11 Å². The molecule has 0 bridgehead atoms. The molecule has 0 aliphatic carbocycles. The summed E-state index contributed by atoms with van der Waals surface area (Å²) in [6, 6.07) is 1.30. The van der Waals surface area contributed by atoms with Crippen molar-refractivity contribution in [3.05, 3.63) is 0 Å². The first-order valence-electron chi connectivity index (χ1n) is 7.83. The first-order valence-corrected chi connectivity index (χ1v) is 10.9. The van der Waals surface area contributed by atoms with Crippen LogP contribution < -0.4 is 0 Å². The maximum atomic E-state index is 5.60. The molecule has 0 amide bonds. The van der Waals surface area contributed by atoms with Gasteiger partial charge in [-0.3, -0.25) is 0 Å². The maximum absolute atomic E-state index is 5.60. The van der Waals surface area contributed by atoms with Gasteiger partial charge in [0.15, 0.2) is 8.32 Å². The Morgan fingerprint density at radius 2 is 1.33 bits per heavy atom. The Morgan fingerprint density at radius 1 is 0.833 bits per heavy atom. The second-order valence-corrected chi connectivity index (χ2v) is 10.4. The Bertz CT molecular complexity index is 177. The van der Waals surface area contributed by atoms with Crippen LogP contribution in [0.1, 0.15) is 52.4 Å². The molecule has 0 N–H and O–H groups in total. The lowest BCUT2D eigenvalue weighted by Crippen LogP contribution is -2.30. The Labute approximate surface area is 116 Å². The summed E-state index contributed by atoms with van der Waals surface area (Å²) in [4.78, 5) is 2.66. The molecule has 0 radical (unpaired) electrons. The molecule has 0 aliphatic heterocycles. The first kappa shape index (κ1) is 18.1. The van der Waals surface area contributed by atoms with E-state index in [1.54, 1.807) is 0 Å². The zero-order chi connectivity index (χ0) is 13.9. The van der Waals surface area contributed by atoms with Gasteiger partial charge >= 0.3 is 0 Å². The van der Waals surface area contributed by atoms with Gasteiger partial charge in [-0.05, 0) is 58.0 Å². The lowest BCUT2D eigenvalue weighted by molar-refractivity contribution is 0.260. The summed E-state index contributed by atoms with van der Waals surface area (Å²) < 4.78 is 5.60. The molecule has 18 heavy (non-hydrogen) atoms. The molecule has 0 aromatic rings. The molecule has 2 nitrogen and oxygen atoms in total. The molecule has 0 rings (SSSR count). The van der Waals surface area contributed by atoms with E-state index >= 15 is 0 Å². The van der Waals surface area contributed by atoms with Crippen molar-refractivity contribution >= 4 is 8.32 Å². The topological polar surface area (TPSA) is 12.5 Å². The molecule has 0 atom stereocenters. The van der Waals surface area contributed by atoms with E-state index < -0.39 is 8.32 Å². The Kier molecular flexibility index (Phi) is 11.1. The minimum absolute atomic E-state index is 1.29. The third kappa shape index (κ3) is 10.1. The molecule has 0 aliphatic rings. The molecule has 0 aromatic heterocycles. The van der Waals surface area contributed by atoms with E-state index in [2.05, 4.69) is 31.8 Å². The fraction of sp³-hybridized carbons (Fsp3) is 1.00. The molecule has 110 valence electrons. The number of hydrogen-bond donors (Lipinski definition) is 0. The largest absolute Gasteiger partial charge is 0.420 e. The summed E-state index contributed by atoms with van der Waals surface area (Å²) in [5, 5.41) is 0. The Balaban J connectivity index is 3.73. The zero-order valence-corrected chi connectivity index (χ0v) is 14.4. The van der Waals surface area contributed by atoms with Gasteiger partial charge in [0.05, 0.1) is 0 Å². The number of unbranched alkanes of at least 4 members (excludes halogenated alkanes) is 3. The summed E-state index contributed by atoms with van der Waals surface area (Å²) >= 11 is 0. The number of nitrogens with zero attached hydrogens (tertiary/aromatic N) is 1. The van der Waals surface area contributed by atoms with Crippen LogP contribution >= 0.6 is 0 Å². The minimum Gasteiger partial charge on any atom is -0.420 e. The Hall–Kier alpha value is 0.137. The molecule has 0 unspecified atom stereocenters. The van der Waals surface area contributed by atoms with Crippen LogP contribution in [0.15, 0.2) is 0 Å². The van der Waals surface area contributed by atoms with Crippen molar-refractivity contribution in [2.24, 2.45) is 0 Å². The highest BCUT2D eigenvalue weighted by Gasteiger charge is 2.19. The van der Waals surface area contributed by atoms with Crippen LogP contribution in [0.2, 0.25) is 19.1 Å². The average Bonchev–Trinajstić information content (AvgIpc) is 2.36. The molecule has 0 spiro atoms. The van der Waals surface area contributed by atoms with Crippen molar-refractivity contribution in [3.8, 4) is 0 Å². The highest BCUT2D eigenvalue weighted by atomic mass is 28.4. The van der Waals surface area contributed by atoms with Crippen molar-refractivity contribution in [1.82, 2.24) is 4.90 Å². The fourth-order valence-electron chi connectivity index (χ4n) is 2.09. The zero-order valence-electron chi connectivity index (χ0n) is 13.4. The van der Waals surface area contributed by atoms with E-state index in [-0.39, 0.29) is 0 Å². The predicted molar refractivity (Wildman–Crippen MR) is 84.8 cm³/mol. The van der Waals surface area contributed by atoms with Crippen LogP contribution in [0.3, 0.4) is 0 Å². The molecule has 0 saturated carbocycles. The van der Waals surface area contributed by atoms with Gasteiger partial charge in [-0.15, -0.1) is 0 Å². The van der Waals surface area contributed by atoms with Gasteiger partial charge in [0.25, 0.3) is 0 Å². The smallest absolute Gasteiger partial charge is 0.186 e. The van der Waals surface area contributed by atoms with Crippen LogP contribution in [0.5, 0.6) is 0 Å². The summed E-state index contributed by atoms with van der Waals surface area (Å²) in [6.07, 6.45) is 8.00. The van der Waals surface area contributed by atoms with Crippen LogP contribution in [-0.4, -0.2) is 40.0 Å². The number of rotatable bonds is 12. The lowest BCUT2D eigenvalue weighted by Gasteiger charge is -2.23. The van der Waals surface area contributed by atoms with Gasteiger partial charge in [0.1, 0.15) is 0 Å². The summed E-state index contributed by atoms with van der Waals surface area (Å²) in [7, 11) is 0.557. The lowest BCUT2D eigenvalue weighted by atomic mass is 10.2. The average molecular weight is 274 g/mol. The van der Waals surface area contributed by atoms with Gasteiger partial charge in [-0.1, -0.05) is 33.1 Å². The first-order chi connectivity index (χ1) is 8.55. The normalized spacial score (nSPS) is 12.3. The van der Waals surface area contributed by atoms with Gasteiger partial charge in [0, 0.05) is 7.11 Å². The van der Waals surface area contributed by atoms with Crippen LogP contribution in [-0.2, 0) is 4.43 Å². The minimum atomic E-state index is -1.32. The monoisotopic (exact) mass is 273 g/mol. The second-order valence-electron chi connectivity index (χ2n) is 5.97. The standard InChI is InChI=1S/C15H35NOSi/c1-6-8-12-16(13-9-7-2)14-10-11-15-18(4,5)17-3/h6-15H2,1-5H3. The van der Waals surface area contributed by atoms with E-state index in [9.17, 15) is 0 Å². The highest BCUT2D eigenvalue weighted by molar-refractivity contribution is 6.71. The number of hydrogen-bond acceptors (Lipinski definition) is 2. The van der Waals surface area contributed by atoms with Crippen molar-refractivity contribution in [3.63, 3.8) is 0 Å². The van der Waals surface area contributed by atoms with E-state index in [0.29, 0.717) is 0 Å². The van der Waals surface area contributed by atoms with E-state index in [1.165, 1.54) is 64.2 Å². The van der Waals surface area contributed by atoms with Crippen molar-refractivity contribution in [2.75, 3.05) is 26.7 Å². The SMILES string of the molecule is CCCCN(CCCC)CCCC[Si](C)(C)OC. The summed E-state index contributed by atoms with van der Waals surface area (Å²) in [6.45, 7) is 13.1. The van der Waals surface area contributed by atoms with Gasteiger partial charge in [-0.2, -0.15) is 0 Å². The van der Waals surface area contributed by atoms with Crippen molar-refractivity contribution < 1.29 is 4.43 Å².